The first-order valence-electron chi connectivity index (χ1n) is 10.8. The maximum absolute atomic E-state index is 13.3. The van der Waals surface area contributed by atoms with Crippen LogP contribution < -0.4 is 10.0 Å². The molecule has 33 heavy (non-hydrogen) atoms. The number of hydrogen-bond donors (Lipinski definition) is 2. The van der Waals surface area contributed by atoms with Gasteiger partial charge < -0.3 is 5.32 Å². The standard InChI is InChI=1S/C26H29FN2O3S/c1-17-14-19(3)24(15-18(17)2)20(4)28-26(30)25(16-21-8-6-5-7-9-21)29-33(31,32)23-12-10-22(27)11-13-23/h5-15,20,25,29H,16H2,1-4H3,(H,28,30)/t20-,25-/m1/s1. The van der Waals surface area contributed by atoms with Gasteiger partial charge in [0.25, 0.3) is 0 Å². The van der Waals surface area contributed by atoms with E-state index in [1.54, 1.807) is 0 Å². The van der Waals surface area contributed by atoms with Crippen LogP contribution in [0.2, 0.25) is 0 Å². The first-order valence-corrected chi connectivity index (χ1v) is 12.2. The monoisotopic (exact) mass is 468 g/mol. The molecule has 5 nitrogen and oxygen atoms in total. The van der Waals surface area contributed by atoms with E-state index in [2.05, 4.69) is 16.1 Å². The third-order valence-corrected chi connectivity index (χ3v) is 7.22. The van der Waals surface area contributed by atoms with Crippen LogP contribution in [-0.2, 0) is 21.2 Å². The number of carbonyl (C=O) groups excluding carboxylic acids is 1. The van der Waals surface area contributed by atoms with Gasteiger partial charge >= 0.3 is 0 Å². The number of rotatable bonds is 8. The summed E-state index contributed by atoms with van der Waals surface area (Å²) >= 11 is 0. The summed E-state index contributed by atoms with van der Waals surface area (Å²) in [6, 6.07) is 16.5. The Morgan fingerprint density at radius 1 is 0.909 bits per heavy atom. The number of hydrogen-bond acceptors (Lipinski definition) is 3. The second-order valence-electron chi connectivity index (χ2n) is 8.34. The van der Waals surface area contributed by atoms with E-state index in [1.165, 1.54) is 17.7 Å². The molecule has 3 aromatic rings. The molecule has 3 rings (SSSR count). The molecule has 1 amide bonds. The predicted octanol–water partition coefficient (Wildman–Crippen LogP) is 4.52. The van der Waals surface area contributed by atoms with Gasteiger partial charge in [0, 0.05) is 0 Å². The zero-order valence-corrected chi connectivity index (χ0v) is 20.0. The number of sulfonamides is 1. The molecular weight excluding hydrogens is 439 g/mol. The molecule has 0 saturated heterocycles. The number of aryl methyl sites for hydroxylation is 3. The molecule has 0 fully saturated rings. The van der Waals surface area contributed by atoms with Crippen molar-refractivity contribution < 1.29 is 17.6 Å². The van der Waals surface area contributed by atoms with Crippen LogP contribution in [-0.4, -0.2) is 20.4 Å². The van der Waals surface area contributed by atoms with Crippen LogP contribution in [0, 0.1) is 26.6 Å². The molecule has 0 spiro atoms. The summed E-state index contributed by atoms with van der Waals surface area (Å²) in [5, 5.41) is 2.96. The van der Waals surface area contributed by atoms with Crippen molar-refractivity contribution in [2.75, 3.05) is 0 Å². The lowest BCUT2D eigenvalue weighted by molar-refractivity contribution is -0.123. The molecule has 0 heterocycles. The molecule has 0 unspecified atom stereocenters. The van der Waals surface area contributed by atoms with Gasteiger partial charge in [-0.1, -0.05) is 42.5 Å². The van der Waals surface area contributed by atoms with Crippen LogP contribution in [0.5, 0.6) is 0 Å². The number of carbonyl (C=O) groups is 1. The molecule has 0 aliphatic carbocycles. The normalized spacial score (nSPS) is 13.4. The summed E-state index contributed by atoms with van der Waals surface area (Å²) in [6.45, 7) is 7.92. The highest BCUT2D eigenvalue weighted by Crippen LogP contribution is 2.22. The van der Waals surface area contributed by atoms with E-state index in [0.717, 1.165) is 34.4 Å². The van der Waals surface area contributed by atoms with Crippen molar-refractivity contribution >= 4 is 15.9 Å². The van der Waals surface area contributed by atoms with Gasteiger partial charge in [-0.2, -0.15) is 4.72 Å². The molecule has 0 bridgehead atoms. The van der Waals surface area contributed by atoms with Crippen molar-refractivity contribution in [1.82, 2.24) is 10.0 Å². The van der Waals surface area contributed by atoms with Crippen molar-refractivity contribution in [3.63, 3.8) is 0 Å². The van der Waals surface area contributed by atoms with Crippen molar-refractivity contribution in [1.29, 1.82) is 0 Å². The second kappa shape index (κ2) is 10.3. The topological polar surface area (TPSA) is 75.3 Å². The average molecular weight is 469 g/mol. The van der Waals surface area contributed by atoms with Crippen LogP contribution in [0.4, 0.5) is 4.39 Å². The Hall–Kier alpha value is -3.03. The van der Waals surface area contributed by atoms with E-state index in [-0.39, 0.29) is 17.4 Å². The Labute approximate surface area is 195 Å². The van der Waals surface area contributed by atoms with Gasteiger partial charge in [-0.3, -0.25) is 4.79 Å². The van der Waals surface area contributed by atoms with Crippen molar-refractivity contribution in [3.05, 3.63) is 100 Å². The van der Waals surface area contributed by atoms with E-state index in [0.29, 0.717) is 0 Å². The fraction of sp³-hybridized carbons (Fsp3) is 0.269. The molecule has 0 aliphatic heterocycles. The number of nitrogens with one attached hydrogen (secondary N) is 2. The zero-order valence-electron chi connectivity index (χ0n) is 19.2. The van der Waals surface area contributed by atoms with Crippen LogP contribution in [0.1, 0.15) is 40.8 Å². The minimum absolute atomic E-state index is 0.104. The summed E-state index contributed by atoms with van der Waals surface area (Å²) in [6.07, 6.45) is 0.172. The van der Waals surface area contributed by atoms with E-state index in [9.17, 15) is 17.6 Å². The molecular formula is C26H29FN2O3S. The Kier molecular flexibility index (Phi) is 7.66. The Bertz CT molecular complexity index is 1230. The summed E-state index contributed by atoms with van der Waals surface area (Å²) in [4.78, 5) is 13.2. The Morgan fingerprint density at radius 2 is 1.52 bits per heavy atom. The summed E-state index contributed by atoms with van der Waals surface area (Å²) in [5.41, 5.74) is 5.14. The van der Waals surface area contributed by atoms with E-state index in [1.807, 2.05) is 64.1 Å². The van der Waals surface area contributed by atoms with Crippen LogP contribution in [0.3, 0.4) is 0 Å². The van der Waals surface area contributed by atoms with Gasteiger partial charge in [0.15, 0.2) is 0 Å². The third kappa shape index (κ3) is 6.27. The number of amides is 1. The summed E-state index contributed by atoms with van der Waals surface area (Å²) in [7, 11) is -4.04. The predicted molar refractivity (Wildman–Crippen MR) is 128 cm³/mol. The van der Waals surface area contributed by atoms with Gasteiger partial charge in [-0.05, 0) is 86.2 Å². The van der Waals surface area contributed by atoms with E-state index < -0.39 is 27.8 Å². The molecule has 174 valence electrons. The molecule has 2 N–H and O–H groups in total. The zero-order chi connectivity index (χ0) is 24.2. The second-order valence-corrected chi connectivity index (χ2v) is 10.1. The minimum Gasteiger partial charge on any atom is -0.348 e. The Balaban J connectivity index is 1.86. The lowest BCUT2D eigenvalue weighted by Crippen LogP contribution is -2.48. The summed E-state index contributed by atoms with van der Waals surface area (Å²) < 4.78 is 41.6. The highest BCUT2D eigenvalue weighted by molar-refractivity contribution is 7.89. The first-order chi connectivity index (χ1) is 15.6. The van der Waals surface area contributed by atoms with Gasteiger partial charge in [-0.15, -0.1) is 0 Å². The summed E-state index contributed by atoms with van der Waals surface area (Å²) in [5.74, 6) is -0.972. The van der Waals surface area contributed by atoms with Crippen molar-refractivity contribution in [2.45, 2.75) is 51.1 Å². The fourth-order valence-corrected chi connectivity index (χ4v) is 4.94. The van der Waals surface area contributed by atoms with Crippen molar-refractivity contribution in [2.24, 2.45) is 0 Å². The quantitative estimate of drug-likeness (QED) is 0.511. The van der Waals surface area contributed by atoms with Gasteiger partial charge in [-0.25, -0.2) is 12.8 Å². The van der Waals surface area contributed by atoms with Crippen LogP contribution in [0.25, 0.3) is 0 Å². The highest BCUT2D eigenvalue weighted by Gasteiger charge is 2.27. The van der Waals surface area contributed by atoms with E-state index >= 15 is 0 Å². The first kappa shape index (κ1) is 24.6. The largest absolute Gasteiger partial charge is 0.348 e. The van der Waals surface area contributed by atoms with Crippen LogP contribution >= 0.6 is 0 Å². The molecule has 0 aromatic heterocycles. The number of benzene rings is 3. The SMILES string of the molecule is Cc1cc(C)c([C@@H](C)NC(=O)[C@@H](Cc2ccccc2)NS(=O)(=O)c2ccc(F)cc2)cc1C. The number of halogens is 1. The highest BCUT2D eigenvalue weighted by atomic mass is 32.2. The maximum atomic E-state index is 13.3. The lowest BCUT2D eigenvalue weighted by Gasteiger charge is -2.23. The van der Waals surface area contributed by atoms with Gasteiger partial charge in [0.2, 0.25) is 15.9 Å². The third-order valence-electron chi connectivity index (χ3n) is 5.73. The maximum Gasteiger partial charge on any atom is 0.241 e. The molecule has 0 aliphatic rings. The molecule has 7 heteroatoms. The Morgan fingerprint density at radius 3 is 2.15 bits per heavy atom. The fourth-order valence-electron chi connectivity index (χ4n) is 3.75. The molecule has 3 aromatic carbocycles. The van der Waals surface area contributed by atoms with E-state index in [4.69, 9.17) is 0 Å². The molecule has 0 radical (unpaired) electrons. The van der Waals surface area contributed by atoms with Crippen LogP contribution in [0.15, 0.2) is 71.6 Å². The van der Waals surface area contributed by atoms with Gasteiger partial charge in [0.1, 0.15) is 11.9 Å². The molecule has 2 atom stereocenters. The molecule has 0 saturated carbocycles. The van der Waals surface area contributed by atoms with Crippen molar-refractivity contribution in [3.8, 4) is 0 Å². The lowest BCUT2D eigenvalue weighted by atomic mass is 9.96. The smallest absolute Gasteiger partial charge is 0.241 e. The average Bonchev–Trinajstić information content (AvgIpc) is 2.76. The minimum atomic E-state index is -4.04. The van der Waals surface area contributed by atoms with Gasteiger partial charge in [0.05, 0.1) is 10.9 Å².